The number of morpholine rings is 1. The number of sulfonamides is 1. The molecule has 1 amide bonds. The third-order valence-electron chi connectivity index (χ3n) is 2.79. The van der Waals surface area contributed by atoms with Gasteiger partial charge < -0.3 is 16.2 Å². The summed E-state index contributed by atoms with van der Waals surface area (Å²) >= 11 is 0. The zero-order valence-corrected chi connectivity index (χ0v) is 10.8. The molecule has 9 heteroatoms. The van der Waals surface area contributed by atoms with Crippen LogP contribution in [0.25, 0.3) is 0 Å². The van der Waals surface area contributed by atoms with Gasteiger partial charge in [0.1, 0.15) is 16.8 Å². The number of carbonyl (C=O) groups is 1. The summed E-state index contributed by atoms with van der Waals surface area (Å²) in [5.74, 6) is -0.872. The third-order valence-corrected chi connectivity index (χ3v) is 4.75. The molecule has 0 aromatic carbocycles. The Labute approximate surface area is 110 Å². The average Bonchev–Trinajstić information content (AvgIpc) is 2.39. The Bertz CT molecular complexity index is 589. The lowest BCUT2D eigenvalue weighted by atomic mass is 10.3. The highest BCUT2D eigenvalue weighted by Gasteiger charge is 2.38. The van der Waals surface area contributed by atoms with E-state index in [1.165, 1.54) is 18.3 Å². The minimum Gasteiger partial charge on any atom is -0.383 e. The van der Waals surface area contributed by atoms with E-state index in [0.29, 0.717) is 0 Å². The number of aromatic nitrogens is 1. The van der Waals surface area contributed by atoms with Crippen LogP contribution < -0.4 is 11.5 Å². The number of amides is 1. The molecule has 1 fully saturated rings. The molecule has 4 N–H and O–H groups in total. The van der Waals surface area contributed by atoms with Gasteiger partial charge in [-0.05, 0) is 12.1 Å². The summed E-state index contributed by atoms with van der Waals surface area (Å²) in [5.41, 5.74) is 10.8. The second kappa shape index (κ2) is 5.11. The highest BCUT2D eigenvalue weighted by atomic mass is 32.2. The van der Waals surface area contributed by atoms with E-state index in [-0.39, 0.29) is 30.5 Å². The summed E-state index contributed by atoms with van der Waals surface area (Å²) in [6.07, 6.45) is 1.39. The van der Waals surface area contributed by atoms with Gasteiger partial charge in [-0.2, -0.15) is 4.31 Å². The maximum absolute atomic E-state index is 12.5. The first-order chi connectivity index (χ1) is 8.94. The number of rotatable bonds is 3. The Kier molecular flexibility index (Phi) is 3.69. The van der Waals surface area contributed by atoms with E-state index >= 15 is 0 Å². The molecule has 19 heavy (non-hydrogen) atoms. The molecule has 8 nitrogen and oxygen atoms in total. The molecule has 0 spiro atoms. The molecule has 2 heterocycles. The zero-order valence-electron chi connectivity index (χ0n) is 10.0. The van der Waals surface area contributed by atoms with Gasteiger partial charge in [0.2, 0.25) is 15.9 Å². The van der Waals surface area contributed by atoms with Crippen LogP contribution in [0.2, 0.25) is 0 Å². The van der Waals surface area contributed by atoms with Crippen LogP contribution >= 0.6 is 0 Å². The van der Waals surface area contributed by atoms with Gasteiger partial charge in [-0.1, -0.05) is 0 Å². The van der Waals surface area contributed by atoms with Gasteiger partial charge in [0.25, 0.3) is 0 Å². The van der Waals surface area contributed by atoms with E-state index in [2.05, 4.69) is 4.98 Å². The molecule has 1 aromatic rings. The molecular formula is C10H14N4O4S. The van der Waals surface area contributed by atoms with Crippen molar-refractivity contribution in [1.29, 1.82) is 0 Å². The number of nitrogens with two attached hydrogens (primary N) is 2. The molecule has 0 aliphatic carbocycles. The normalized spacial score (nSPS) is 21.2. The minimum atomic E-state index is -3.92. The Morgan fingerprint density at radius 1 is 1.53 bits per heavy atom. The van der Waals surface area contributed by atoms with Crippen LogP contribution in [-0.4, -0.2) is 49.4 Å². The number of hydrogen-bond donors (Lipinski definition) is 2. The van der Waals surface area contributed by atoms with Crippen molar-refractivity contribution in [3.63, 3.8) is 0 Å². The molecule has 1 aliphatic heterocycles. The fourth-order valence-electron chi connectivity index (χ4n) is 1.85. The first kappa shape index (κ1) is 13.7. The van der Waals surface area contributed by atoms with Crippen LogP contribution in [0, 0.1) is 0 Å². The van der Waals surface area contributed by atoms with Crippen molar-refractivity contribution in [2.24, 2.45) is 5.73 Å². The van der Waals surface area contributed by atoms with Crippen molar-refractivity contribution in [3.8, 4) is 0 Å². The Hall–Kier alpha value is -1.71. The van der Waals surface area contributed by atoms with Gasteiger partial charge in [0, 0.05) is 12.7 Å². The van der Waals surface area contributed by atoms with Crippen LogP contribution in [0.4, 0.5) is 5.82 Å². The molecule has 1 unspecified atom stereocenters. The van der Waals surface area contributed by atoms with E-state index in [9.17, 15) is 13.2 Å². The van der Waals surface area contributed by atoms with Crippen molar-refractivity contribution in [3.05, 3.63) is 18.3 Å². The molecule has 0 bridgehead atoms. The number of hydrogen-bond acceptors (Lipinski definition) is 6. The first-order valence-electron chi connectivity index (χ1n) is 5.54. The lowest BCUT2D eigenvalue weighted by molar-refractivity contribution is -0.125. The molecule has 104 valence electrons. The highest BCUT2D eigenvalue weighted by molar-refractivity contribution is 7.89. The number of primary amides is 1. The van der Waals surface area contributed by atoms with Crippen molar-refractivity contribution in [2.75, 3.05) is 25.5 Å². The molecule has 0 radical (unpaired) electrons. The maximum atomic E-state index is 12.5. The fourth-order valence-corrected chi connectivity index (χ4v) is 3.48. The van der Waals surface area contributed by atoms with Crippen LogP contribution in [0.5, 0.6) is 0 Å². The van der Waals surface area contributed by atoms with Gasteiger partial charge in [0.05, 0.1) is 13.2 Å². The lowest BCUT2D eigenvalue weighted by Crippen LogP contribution is -2.54. The lowest BCUT2D eigenvalue weighted by Gasteiger charge is -2.32. The summed E-state index contributed by atoms with van der Waals surface area (Å²) < 4.78 is 31.0. The smallest absolute Gasteiger partial charge is 0.247 e. The van der Waals surface area contributed by atoms with E-state index < -0.39 is 22.0 Å². The Morgan fingerprint density at radius 2 is 2.26 bits per heavy atom. The largest absolute Gasteiger partial charge is 0.383 e. The molecule has 1 atom stereocenters. The van der Waals surface area contributed by atoms with Gasteiger partial charge in [-0.3, -0.25) is 4.79 Å². The number of ether oxygens (including phenoxy) is 1. The summed E-state index contributed by atoms with van der Waals surface area (Å²) in [4.78, 5) is 14.9. The third kappa shape index (κ3) is 2.53. The van der Waals surface area contributed by atoms with Crippen molar-refractivity contribution >= 4 is 21.7 Å². The first-order valence-corrected chi connectivity index (χ1v) is 6.98. The quantitative estimate of drug-likeness (QED) is 0.698. The summed E-state index contributed by atoms with van der Waals surface area (Å²) in [7, 11) is -3.92. The zero-order chi connectivity index (χ0) is 14.0. The van der Waals surface area contributed by atoms with Crippen LogP contribution in [0.1, 0.15) is 0 Å². The van der Waals surface area contributed by atoms with E-state index in [0.717, 1.165) is 4.31 Å². The fraction of sp³-hybridized carbons (Fsp3) is 0.400. The van der Waals surface area contributed by atoms with Gasteiger partial charge in [-0.25, -0.2) is 13.4 Å². The molecular weight excluding hydrogens is 272 g/mol. The highest BCUT2D eigenvalue weighted by Crippen LogP contribution is 2.23. The van der Waals surface area contributed by atoms with Crippen molar-refractivity contribution in [1.82, 2.24) is 9.29 Å². The molecule has 1 aliphatic rings. The van der Waals surface area contributed by atoms with Crippen LogP contribution in [0.15, 0.2) is 23.2 Å². The van der Waals surface area contributed by atoms with E-state index in [1.54, 1.807) is 0 Å². The number of anilines is 1. The predicted molar refractivity (Wildman–Crippen MR) is 66.3 cm³/mol. The van der Waals surface area contributed by atoms with E-state index in [4.69, 9.17) is 16.2 Å². The Balaban J connectivity index is 2.43. The van der Waals surface area contributed by atoms with Gasteiger partial charge in [0.15, 0.2) is 0 Å². The summed E-state index contributed by atoms with van der Waals surface area (Å²) in [5, 5.41) is 0. The summed E-state index contributed by atoms with van der Waals surface area (Å²) in [6.45, 7) is 0.183. The predicted octanol–water partition coefficient (Wildman–Crippen LogP) is -1.46. The number of nitrogen functional groups attached to an aromatic ring is 1. The number of carbonyl (C=O) groups excluding carboxylic acids is 1. The van der Waals surface area contributed by atoms with Gasteiger partial charge in [-0.15, -0.1) is 0 Å². The monoisotopic (exact) mass is 286 g/mol. The van der Waals surface area contributed by atoms with Crippen LogP contribution in [0.3, 0.4) is 0 Å². The molecule has 1 saturated heterocycles. The number of nitrogens with zero attached hydrogens (tertiary/aromatic N) is 2. The molecule has 0 saturated carbocycles. The molecule has 2 rings (SSSR count). The Morgan fingerprint density at radius 3 is 2.89 bits per heavy atom. The van der Waals surface area contributed by atoms with E-state index in [1.807, 2.05) is 0 Å². The van der Waals surface area contributed by atoms with Crippen LogP contribution in [-0.2, 0) is 19.6 Å². The maximum Gasteiger partial charge on any atom is 0.247 e. The summed E-state index contributed by atoms with van der Waals surface area (Å²) in [6, 6.07) is 1.77. The minimum absolute atomic E-state index is 0.0459. The SMILES string of the molecule is NC(=O)C1COCCN1S(=O)(=O)c1cccnc1N. The van der Waals surface area contributed by atoms with Gasteiger partial charge >= 0.3 is 0 Å². The second-order valence-electron chi connectivity index (χ2n) is 4.00. The van der Waals surface area contributed by atoms with Crippen molar-refractivity contribution < 1.29 is 17.9 Å². The van der Waals surface area contributed by atoms with Crippen molar-refractivity contribution in [2.45, 2.75) is 10.9 Å². The molecule has 1 aromatic heterocycles. The topological polar surface area (TPSA) is 129 Å². The second-order valence-corrected chi connectivity index (χ2v) is 5.85. The number of pyridine rings is 1. The standard InChI is InChI=1S/C10H14N4O4S/c11-9-8(2-1-3-13-9)19(16,17)14-4-5-18-6-7(14)10(12)15/h1-3,7H,4-6H2,(H2,11,13)(H2,12,15). The average molecular weight is 286 g/mol.